The van der Waals surface area contributed by atoms with Gasteiger partial charge in [0.2, 0.25) is 0 Å². The fraction of sp³-hybridized carbons (Fsp3) is 0.450. The fourth-order valence-electron chi connectivity index (χ4n) is 3.28. The van der Waals surface area contributed by atoms with Crippen LogP contribution in [0.2, 0.25) is 0 Å². The first-order valence-electron chi connectivity index (χ1n) is 9.09. The first kappa shape index (κ1) is 18.9. The molecule has 0 atom stereocenters. The molecule has 3 rings (SSSR count). The third-order valence-electron chi connectivity index (χ3n) is 4.84. The molecule has 6 heteroatoms. The van der Waals surface area contributed by atoms with Crippen molar-refractivity contribution in [2.75, 3.05) is 26.3 Å². The highest BCUT2D eigenvalue weighted by molar-refractivity contribution is 7.07. The molecule has 140 valence electrons. The number of hydrogen-bond donors (Lipinski definition) is 2. The van der Waals surface area contributed by atoms with Gasteiger partial charge in [0.05, 0.1) is 6.54 Å². The van der Waals surface area contributed by atoms with Crippen LogP contribution in [0.5, 0.6) is 0 Å². The summed E-state index contributed by atoms with van der Waals surface area (Å²) >= 11 is 1.68. The van der Waals surface area contributed by atoms with Crippen LogP contribution in [0.15, 0.2) is 46.1 Å². The average molecular weight is 376 g/mol. The van der Waals surface area contributed by atoms with E-state index in [1.807, 2.05) is 12.1 Å². The number of hydrogen-bond acceptors (Lipinski definition) is 3. The summed E-state index contributed by atoms with van der Waals surface area (Å²) in [5, 5.41) is 11.0. The lowest BCUT2D eigenvalue weighted by Crippen LogP contribution is -2.48. The molecule has 1 aromatic heterocycles. The summed E-state index contributed by atoms with van der Waals surface area (Å²) in [6.45, 7) is 5.72. The van der Waals surface area contributed by atoms with Gasteiger partial charge in [-0.2, -0.15) is 11.3 Å². The van der Waals surface area contributed by atoms with Crippen molar-refractivity contribution in [1.82, 2.24) is 10.6 Å². The van der Waals surface area contributed by atoms with E-state index >= 15 is 0 Å². The molecular formula is C20H26FN3OS. The van der Waals surface area contributed by atoms with E-state index in [0.29, 0.717) is 6.54 Å². The Morgan fingerprint density at radius 1 is 1.19 bits per heavy atom. The van der Waals surface area contributed by atoms with E-state index in [9.17, 15) is 4.39 Å². The Balaban J connectivity index is 1.72. The zero-order valence-electron chi connectivity index (χ0n) is 15.1. The number of halogens is 1. The van der Waals surface area contributed by atoms with Crippen LogP contribution in [0.25, 0.3) is 0 Å². The maximum Gasteiger partial charge on any atom is 0.191 e. The lowest BCUT2D eigenvalue weighted by molar-refractivity contribution is 0.0513. The molecule has 0 aliphatic carbocycles. The molecule has 0 radical (unpaired) electrons. The van der Waals surface area contributed by atoms with Crippen molar-refractivity contribution in [2.45, 2.75) is 31.7 Å². The number of rotatable bonds is 6. The summed E-state index contributed by atoms with van der Waals surface area (Å²) < 4.78 is 18.9. The molecule has 1 aliphatic heterocycles. The van der Waals surface area contributed by atoms with E-state index in [-0.39, 0.29) is 11.2 Å². The van der Waals surface area contributed by atoms with Gasteiger partial charge in [-0.3, -0.25) is 0 Å². The Morgan fingerprint density at radius 3 is 2.62 bits per heavy atom. The fourth-order valence-corrected chi connectivity index (χ4v) is 3.94. The molecule has 0 spiro atoms. The van der Waals surface area contributed by atoms with Crippen LogP contribution >= 0.6 is 11.3 Å². The van der Waals surface area contributed by atoms with E-state index in [2.05, 4.69) is 39.4 Å². The molecule has 0 saturated carbocycles. The summed E-state index contributed by atoms with van der Waals surface area (Å²) in [5.41, 5.74) is 2.31. The third-order valence-corrected chi connectivity index (χ3v) is 5.58. The Kier molecular flexibility index (Phi) is 6.63. The molecule has 1 saturated heterocycles. The first-order valence-corrected chi connectivity index (χ1v) is 10.0. The molecule has 1 fully saturated rings. The topological polar surface area (TPSA) is 45.7 Å². The predicted octanol–water partition coefficient (Wildman–Crippen LogP) is 3.69. The second kappa shape index (κ2) is 9.14. The molecule has 0 amide bonds. The van der Waals surface area contributed by atoms with Crippen LogP contribution in [0, 0.1) is 5.82 Å². The van der Waals surface area contributed by atoms with Gasteiger partial charge < -0.3 is 15.4 Å². The Bertz CT molecular complexity index is 694. The summed E-state index contributed by atoms with van der Waals surface area (Å²) in [5.74, 6) is 0.612. The summed E-state index contributed by atoms with van der Waals surface area (Å²) in [4.78, 5) is 4.69. The minimum absolute atomic E-state index is 0.0650. The number of ether oxygens (including phenoxy) is 1. The standard InChI is InChI=1S/C20H26FN3OS/c1-2-22-19(23-13-16-7-12-26-14-16)24-15-20(8-10-25-11-9-20)17-3-5-18(21)6-4-17/h3-7,12,14H,2,8-11,13,15H2,1H3,(H2,22,23,24). The lowest BCUT2D eigenvalue weighted by Gasteiger charge is -2.38. The molecule has 0 unspecified atom stereocenters. The number of aliphatic imine (C=N–C) groups is 1. The third kappa shape index (κ3) is 4.83. The van der Waals surface area contributed by atoms with Crippen LogP contribution in [0.3, 0.4) is 0 Å². The highest BCUT2D eigenvalue weighted by Gasteiger charge is 2.34. The summed E-state index contributed by atoms with van der Waals surface area (Å²) in [6.07, 6.45) is 1.82. The quantitative estimate of drug-likeness (QED) is 0.598. The number of nitrogens with one attached hydrogen (secondary N) is 2. The van der Waals surface area contributed by atoms with Gasteiger partial charge in [-0.05, 0) is 59.9 Å². The predicted molar refractivity (Wildman–Crippen MR) is 105 cm³/mol. The minimum Gasteiger partial charge on any atom is -0.381 e. The van der Waals surface area contributed by atoms with Crippen LogP contribution in [-0.4, -0.2) is 32.3 Å². The first-order chi connectivity index (χ1) is 12.7. The van der Waals surface area contributed by atoms with Gasteiger partial charge in [-0.15, -0.1) is 0 Å². The Labute approximate surface area is 158 Å². The van der Waals surface area contributed by atoms with Crippen LogP contribution in [0.4, 0.5) is 4.39 Å². The molecule has 2 N–H and O–H groups in total. The van der Waals surface area contributed by atoms with Gasteiger partial charge in [0.15, 0.2) is 5.96 Å². The van der Waals surface area contributed by atoms with Crippen molar-refractivity contribution in [3.05, 3.63) is 58.0 Å². The molecule has 2 aromatic rings. The largest absolute Gasteiger partial charge is 0.381 e. The highest BCUT2D eigenvalue weighted by Crippen LogP contribution is 2.34. The van der Waals surface area contributed by atoms with Gasteiger partial charge in [-0.25, -0.2) is 9.38 Å². The molecule has 26 heavy (non-hydrogen) atoms. The molecule has 1 aliphatic rings. The second-order valence-corrected chi connectivity index (χ2v) is 7.36. The number of guanidine groups is 1. The van der Waals surface area contributed by atoms with Crippen molar-refractivity contribution in [1.29, 1.82) is 0 Å². The smallest absolute Gasteiger partial charge is 0.191 e. The van der Waals surface area contributed by atoms with Gasteiger partial charge in [0.1, 0.15) is 5.82 Å². The van der Waals surface area contributed by atoms with E-state index in [4.69, 9.17) is 4.74 Å². The average Bonchev–Trinajstić information content (AvgIpc) is 3.19. The maximum absolute atomic E-state index is 13.4. The number of thiophene rings is 1. The van der Waals surface area contributed by atoms with Crippen molar-refractivity contribution in [3.8, 4) is 0 Å². The summed E-state index contributed by atoms with van der Waals surface area (Å²) in [7, 11) is 0. The van der Waals surface area contributed by atoms with Crippen molar-refractivity contribution >= 4 is 17.3 Å². The van der Waals surface area contributed by atoms with E-state index < -0.39 is 0 Å². The van der Waals surface area contributed by atoms with Crippen molar-refractivity contribution in [3.63, 3.8) is 0 Å². The molecule has 1 aromatic carbocycles. The molecule has 4 nitrogen and oxygen atoms in total. The van der Waals surface area contributed by atoms with Gasteiger partial charge in [0, 0.05) is 31.7 Å². The van der Waals surface area contributed by atoms with Crippen LogP contribution in [-0.2, 0) is 16.7 Å². The maximum atomic E-state index is 13.4. The number of benzene rings is 1. The van der Waals surface area contributed by atoms with Crippen LogP contribution in [0.1, 0.15) is 30.9 Å². The number of nitrogens with zero attached hydrogens (tertiary/aromatic N) is 1. The zero-order valence-corrected chi connectivity index (χ0v) is 15.9. The summed E-state index contributed by atoms with van der Waals surface area (Å²) in [6, 6.07) is 8.98. The van der Waals surface area contributed by atoms with E-state index in [1.165, 1.54) is 5.56 Å². The Morgan fingerprint density at radius 2 is 1.96 bits per heavy atom. The molecule has 0 bridgehead atoms. The highest BCUT2D eigenvalue weighted by atomic mass is 32.1. The van der Waals surface area contributed by atoms with Gasteiger partial charge in [0.25, 0.3) is 0 Å². The normalized spacial score (nSPS) is 17.1. The van der Waals surface area contributed by atoms with Crippen molar-refractivity contribution in [2.24, 2.45) is 4.99 Å². The lowest BCUT2D eigenvalue weighted by atomic mass is 9.74. The van der Waals surface area contributed by atoms with E-state index in [1.54, 1.807) is 23.5 Å². The SMILES string of the molecule is CCNC(=NCc1ccsc1)NCC1(c2ccc(F)cc2)CCOCC1. The van der Waals surface area contributed by atoms with Gasteiger partial charge >= 0.3 is 0 Å². The van der Waals surface area contributed by atoms with Crippen LogP contribution < -0.4 is 10.6 Å². The second-order valence-electron chi connectivity index (χ2n) is 6.58. The monoisotopic (exact) mass is 375 g/mol. The molecular weight excluding hydrogens is 349 g/mol. The Hall–Kier alpha value is -1.92. The van der Waals surface area contributed by atoms with Gasteiger partial charge in [-0.1, -0.05) is 12.1 Å². The minimum atomic E-state index is -0.199. The molecule has 2 heterocycles. The zero-order chi connectivity index (χ0) is 18.2. The van der Waals surface area contributed by atoms with E-state index in [0.717, 1.165) is 50.7 Å². The van der Waals surface area contributed by atoms with Crippen molar-refractivity contribution < 1.29 is 9.13 Å².